The average molecular weight is 280 g/mol. The Hall–Kier alpha value is -1.43. The molecule has 0 aliphatic carbocycles. The highest BCUT2D eigenvalue weighted by Gasteiger charge is 2.37. The molecular weight excluding hydrogens is 260 g/mol. The van der Waals surface area contributed by atoms with Crippen LogP contribution in [0, 0.1) is 5.92 Å². The summed E-state index contributed by atoms with van der Waals surface area (Å²) in [6.07, 6.45) is 0. The molecule has 0 radical (unpaired) electrons. The molecule has 20 heavy (non-hydrogen) atoms. The van der Waals surface area contributed by atoms with Crippen molar-refractivity contribution >= 4 is 5.97 Å². The number of methoxy groups -OCH3 is 1. The first kappa shape index (κ1) is 15.0. The van der Waals surface area contributed by atoms with E-state index in [4.69, 9.17) is 18.9 Å². The Morgan fingerprint density at radius 2 is 1.90 bits per heavy atom. The summed E-state index contributed by atoms with van der Waals surface area (Å²) in [5.74, 6) is -1.49. The van der Waals surface area contributed by atoms with E-state index in [2.05, 4.69) is 0 Å². The van der Waals surface area contributed by atoms with Crippen molar-refractivity contribution in [2.24, 2.45) is 5.92 Å². The molecule has 110 valence electrons. The van der Waals surface area contributed by atoms with Crippen LogP contribution in [0.15, 0.2) is 30.3 Å². The molecule has 1 aromatic carbocycles. The fraction of sp³-hybridized carbons (Fsp3) is 0.533. The van der Waals surface area contributed by atoms with Crippen LogP contribution >= 0.6 is 0 Å². The summed E-state index contributed by atoms with van der Waals surface area (Å²) in [6, 6.07) is 9.68. The van der Waals surface area contributed by atoms with Crippen LogP contribution in [0.5, 0.6) is 0 Å². The van der Waals surface area contributed by atoms with E-state index in [1.54, 1.807) is 7.11 Å². The third kappa shape index (κ3) is 3.56. The highest BCUT2D eigenvalue weighted by atomic mass is 16.7. The van der Waals surface area contributed by atoms with Crippen molar-refractivity contribution in [2.45, 2.75) is 12.7 Å². The van der Waals surface area contributed by atoms with Gasteiger partial charge in [0.05, 0.1) is 19.8 Å². The molecular formula is C15H20O5. The van der Waals surface area contributed by atoms with Crippen LogP contribution in [-0.2, 0) is 29.5 Å². The van der Waals surface area contributed by atoms with E-state index in [0.717, 1.165) is 5.56 Å². The topological polar surface area (TPSA) is 54.0 Å². The summed E-state index contributed by atoms with van der Waals surface area (Å²) >= 11 is 0. The van der Waals surface area contributed by atoms with Crippen LogP contribution in [0.3, 0.4) is 0 Å². The van der Waals surface area contributed by atoms with Gasteiger partial charge in [-0.15, -0.1) is 0 Å². The first-order valence-electron chi connectivity index (χ1n) is 6.65. The second-order valence-electron chi connectivity index (χ2n) is 4.79. The number of esters is 1. The zero-order chi connectivity index (χ0) is 14.4. The number of hydrogen-bond donors (Lipinski definition) is 0. The quantitative estimate of drug-likeness (QED) is 0.607. The molecule has 1 heterocycles. The maximum Gasteiger partial charge on any atom is 0.313 e. The van der Waals surface area contributed by atoms with Crippen LogP contribution < -0.4 is 0 Å². The van der Waals surface area contributed by atoms with E-state index in [9.17, 15) is 4.79 Å². The second kappa shape index (κ2) is 6.83. The monoisotopic (exact) mass is 280 g/mol. The molecule has 0 N–H and O–H groups in total. The van der Waals surface area contributed by atoms with Crippen LogP contribution in [-0.4, -0.2) is 39.5 Å². The molecule has 0 bridgehead atoms. The predicted molar refractivity (Wildman–Crippen MR) is 72.0 cm³/mol. The number of carbonyl (C=O) groups is 1. The minimum absolute atomic E-state index is 0.252. The van der Waals surface area contributed by atoms with Crippen molar-refractivity contribution in [3.8, 4) is 0 Å². The third-order valence-corrected chi connectivity index (χ3v) is 3.28. The predicted octanol–water partition coefficient (Wildman–Crippen LogP) is 1.71. The maximum atomic E-state index is 11.8. The molecule has 0 aromatic heterocycles. The number of benzene rings is 1. The van der Waals surface area contributed by atoms with Gasteiger partial charge in [-0.1, -0.05) is 30.3 Å². The lowest BCUT2D eigenvalue weighted by molar-refractivity contribution is -0.281. The fourth-order valence-electron chi connectivity index (χ4n) is 2.00. The summed E-state index contributed by atoms with van der Waals surface area (Å²) < 4.78 is 21.4. The smallest absolute Gasteiger partial charge is 0.313 e. The molecule has 1 aliphatic heterocycles. The van der Waals surface area contributed by atoms with Gasteiger partial charge >= 0.3 is 5.97 Å². The zero-order valence-electron chi connectivity index (χ0n) is 11.8. The number of ether oxygens (including phenoxy) is 4. The molecule has 2 rings (SSSR count). The summed E-state index contributed by atoms with van der Waals surface area (Å²) in [5.41, 5.74) is 0.936. The molecule has 1 aliphatic rings. The van der Waals surface area contributed by atoms with E-state index < -0.39 is 5.79 Å². The highest BCUT2D eigenvalue weighted by molar-refractivity contribution is 5.72. The molecule has 1 saturated heterocycles. The lowest BCUT2D eigenvalue weighted by Gasteiger charge is -2.37. The first-order chi connectivity index (χ1) is 9.65. The Morgan fingerprint density at radius 3 is 2.50 bits per heavy atom. The van der Waals surface area contributed by atoms with E-state index in [0.29, 0.717) is 6.61 Å². The Balaban J connectivity index is 1.87. The van der Waals surface area contributed by atoms with E-state index in [1.807, 2.05) is 37.3 Å². The van der Waals surface area contributed by atoms with Gasteiger partial charge in [0, 0.05) is 12.7 Å². The lowest BCUT2D eigenvalue weighted by Crippen LogP contribution is -2.42. The van der Waals surface area contributed by atoms with Crippen molar-refractivity contribution in [1.29, 1.82) is 0 Å². The number of rotatable bonds is 5. The summed E-state index contributed by atoms with van der Waals surface area (Å²) in [5, 5.41) is 0. The van der Waals surface area contributed by atoms with Gasteiger partial charge in [-0.3, -0.25) is 4.79 Å². The second-order valence-corrected chi connectivity index (χ2v) is 4.79. The number of carbonyl (C=O) groups excluding carboxylic acids is 1. The standard InChI is InChI=1S/C15H20O5/c1-15(13-6-4-3-5-7-13)19-10-12(11-20-15)14(16)18-9-8-17-2/h3-7,12H,8-11H2,1-2H3. The largest absolute Gasteiger partial charge is 0.463 e. The van der Waals surface area contributed by atoms with Gasteiger partial charge < -0.3 is 18.9 Å². The zero-order valence-corrected chi connectivity index (χ0v) is 11.8. The average Bonchev–Trinajstić information content (AvgIpc) is 2.49. The van der Waals surface area contributed by atoms with Gasteiger partial charge in [0.15, 0.2) is 5.79 Å². The summed E-state index contributed by atoms with van der Waals surface area (Å²) in [4.78, 5) is 11.8. The van der Waals surface area contributed by atoms with Crippen molar-refractivity contribution in [2.75, 3.05) is 33.5 Å². The molecule has 5 nitrogen and oxygen atoms in total. The lowest BCUT2D eigenvalue weighted by atomic mass is 10.0. The maximum absolute atomic E-state index is 11.8. The summed E-state index contributed by atoms with van der Waals surface area (Å²) in [6.45, 7) is 3.08. The van der Waals surface area contributed by atoms with Crippen molar-refractivity contribution in [1.82, 2.24) is 0 Å². The Labute approximate surface area is 118 Å². The highest BCUT2D eigenvalue weighted by Crippen LogP contribution is 2.31. The van der Waals surface area contributed by atoms with Gasteiger partial charge in [0.1, 0.15) is 12.5 Å². The first-order valence-corrected chi connectivity index (χ1v) is 6.65. The third-order valence-electron chi connectivity index (χ3n) is 3.28. The SMILES string of the molecule is COCCOC(=O)C1COC(C)(c2ccccc2)OC1. The Morgan fingerprint density at radius 1 is 1.25 bits per heavy atom. The fourth-order valence-corrected chi connectivity index (χ4v) is 2.00. The van der Waals surface area contributed by atoms with Crippen LogP contribution in [0.4, 0.5) is 0 Å². The number of hydrogen-bond acceptors (Lipinski definition) is 5. The van der Waals surface area contributed by atoms with E-state index >= 15 is 0 Å². The van der Waals surface area contributed by atoms with Gasteiger partial charge in [0.2, 0.25) is 0 Å². The molecule has 0 atom stereocenters. The van der Waals surface area contributed by atoms with Crippen LogP contribution in [0.25, 0.3) is 0 Å². The minimum Gasteiger partial charge on any atom is -0.463 e. The molecule has 0 amide bonds. The normalized spacial score (nSPS) is 26.2. The molecule has 0 unspecified atom stereocenters. The summed E-state index contributed by atoms with van der Waals surface area (Å²) in [7, 11) is 1.56. The van der Waals surface area contributed by atoms with E-state index in [-0.39, 0.29) is 31.7 Å². The van der Waals surface area contributed by atoms with Crippen LogP contribution in [0.2, 0.25) is 0 Å². The van der Waals surface area contributed by atoms with Gasteiger partial charge in [0.25, 0.3) is 0 Å². The van der Waals surface area contributed by atoms with Crippen molar-refractivity contribution < 1.29 is 23.7 Å². The van der Waals surface area contributed by atoms with Crippen LogP contribution in [0.1, 0.15) is 12.5 Å². The van der Waals surface area contributed by atoms with Crippen molar-refractivity contribution in [3.05, 3.63) is 35.9 Å². The van der Waals surface area contributed by atoms with Crippen molar-refractivity contribution in [3.63, 3.8) is 0 Å². The minimum atomic E-state index is -0.801. The Kier molecular flexibility index (Phi) is 5.11. The van der Waals surface area contributed by atoms with Gasteiger partial charge in [-0.05, 0) is 6.92 Å². The molecule has 0 saturated carbocycles. The van der Waals surface area contributed by atoms with Gasteiger partial charge in [-0.2, -0.15) is 0 Å². The molecule has 1 fully saturated rings. The molecule has 5 heteroatoms. The Bertz CT molecular complexity index is 423. The van der Waals surface area contributed by atoms with Gasteiger partial charge in [-0.25, -0.2) is 0 Å². The molecule has 1 aromatic rings. The molecule has 0 spiro atoms. The van der Waals surface area contributed by atoms with E-state index in [1.165, 1.54) is 0 Å².